The molecule has 0 spiro atoms. The first kappa shape index (κ1) is 17.3. The Kier molecular flexibility index (Phi) is 4.68. The van der Waals surface area contributed by atoms with Gasteiger partial charge in [0.2, 0.25) is 5.90 Å². The largest absolute Gasteiger partial charge is 0.507 e. The van der Waals surface area contributed by atoms with Crippen LogP contribution in [0.4, 0.5) is 5.82 Å². The maximum atomic E-state index is 10.1. The van der Waals surface area contributed by atoms with Crippen molar-refractivity contribution in [3.63, 3.8) is 0 Å². The molecule has 2 aromatic heterocycles. The minimum absolute atomic E-state index is 0.106. The van der Waals surface area contributed by atoms with Crippen LogP contribution >= 0.6 is 0 Å². The molecule has 0 bridgehead atoms. The smallest absolute Gasteiger partial charge is 0.216 e. The zero-order valence-electron chi connectivity index (χ0n) is 13.3. The first-order valence-electron chi connectivity index (χ1n) is 7.53. The van der Waals surface area contributed by atoms with Crippen molar-refractivity contribution in [1.29, 1.82) is 0 Å². The molecule has 0 saturated carbocycles. The van der Waals surface area contributed by atoms with E-state index in [2.05, 4.69) is 15.0 Å². The maximum absolute atomic E-state index is 10.1. The van der Waals surface area contributed by atoms with Crippen molar-refractivity contribution in [2.24, 2.45) is 4.99 Å². The summed E-state index contributed by atoms with van der Waals surface area (Å²) in [6.45, 7) is 0.797. The molecule has 134 valence electrons. The number of hydrogen-bond acceptors (Lipinski definition) is 8. The molecule has 0 fully saturated rings. The number of aliphatic hydroxyl groups excluding tert-OH is 5. The van der Waals surface area contributed by atoms with Gasteiger partial charge in [0.1, 0.15) is 36.7 Å². The fraction of sp³-hybridized carbons (Fsp3) is 0.400. The molecule has 1 aliphatic rings. The summed E-state index contributed by atoms with van der Waals surface area (Å²) in [7, 11) is 0. The van der Waals surface area contributed by atoms with Crippen LogP contribution in [0.5, 0.6) is 0 Å². The third-order valence-electron chi connectivity index (χ3n) is 3.88. The van der Waals surface area contributed by atoms with Gasteiger partial charge in [-0.05, 0) is 6.92 Å². The molecule has 5 N–H and O–H groups in total. The van der Waals surface area contributed by atoms with E-state index in [1.54, 1.807) is 0 Å². The van der Waals surface area contributed by atoms with Crippen molar-refractivity contribution in [2.45, 2.75) is 32.0 Å². The van der Waals surface area contributed by atoms with Crippen LogP contribution in [0.25, 0.3) is 16.8 Å². The summed E-state index contributed by atoms with van der Waals surface area (Å²) in [5, 5.41) is 48.8. The molecule has 1 aliphatic heterocycles. The Labute approximate surface area is 142 Å². The Balaban J connectivity index is 1.95. The maximum Gasteiger partial charge on any atom is 0.216 e. The molecule has 0 radical (unpaired) electrons. The SMILES string of the molecule is C[C@H](O)[C@H](O)[C@@H](CO)OCn1cc2c3c(ncnc31)N=C(O)C=C2O. The lowest BCUT2D eigenvalue weighted by Gasteiger charge is -2.23. The highest BCUT2D eigenvalue weighted by molar-refractivity contribution is 6.05. The number of aromatic nitrogens is 3. The number of ether oxygens (including phenoxy) is 1. The van der Waals surface area contributed by atoms with E-state index in [0.717, 1.165) is 6.08 Å². The van der Waals surface area contributed by atoms with E-state index in [0.29, 0.717) is 16.6 Å². The van der Waals surface area contributed by atoms with E-state index in [4.69, 9.17) is 4.74 Å². The van der Waals surface area contributed by atoms with Crippen molar-refractivity contribution in [3.8, 4) is 0 Å². The van der Waals surface area contributed by atoms with Gasteiger partial charge in [-0.25, -0.2) is 9.97 Å². The van der Waals surface area contributed by atoms with Crippen molar-refractivity contribution < 1.29 is 30.3 Å². The normalized spacial score (nSPS) is 17.6. The molecule has 2 aromatic rings. The van der Waals surface area contributed by atoms with Gasteiger partial charge in [-0.15, -0.1) is 0 Å². The molecule has 25 heavy (non-hydrogen) atoms. The second kappa shape index (κ2) is 6.76. The molecule has 3 rings (SSSR count). The van der Waals surface area contributed by atoms with Crippen LogP contribution in [0.3, 0.4) is 0 Å². The van der Waals surface area contributed by atoms with Crippen LogP contribution in [-0.2, 0) is 11.5 Å². The Morgan fingerprint density at radius 3 is 2.68 bits per heavy atom. The zero-order chi connectivity index (χ0) is 18.1. The minimum atomic E-state index is -1.26. The first-order chi connectivity index (χ1) is 11.9. The van der Waals surface area contributed by atoms with E-state index < -0.39 is 24.9 Å². The quantitative estimate of drug-likeness (QED) is 0.488. The number of nitrogens with zero attached hydrogens (tertiary/aromatic N) is 4. The Hall–Kier alpha value is -2.53. The predicted octanol–water partition coefficient (Wildman–Crippen LogP) is 0.00850. The third-order valence-corrected chi connectivity index (χ3v) is 3.88. The first-order valence-corrected chi connectivity index (χ1v) is 7.53. The summed E-state index contributed by atoms with van der Waals surface area (Å²) in [6.07, 6.45) is 0.552. The molecular weight excluding hydrogens is 332 g/mol. The number of hydrogen-bond donors (Lipinski definition) is 5. The highest BCUT2D eigenvalue weighted by Gasteiger charge is 2.25. The highest BCUT2D eigenvalue weighted by atomic mass is 16.5. The van der Waals surface area contributed by atoms with Gasteiger partial charge in [-0.1, -0.05) is 0 Å². The highest BCUT2D eigenvalue weighted by Crippen LogP contribution is 2.33. The fourth-order valence-electron chi connectivity index (χ4n) is 2.57. The van der Waals surface area contributed by atoms with Crippen molar-refractivity contribution >= 4 is 28.5 Å². The van der Waals surface area contributed by atoms with E-state index in [1.165, 1.54) is 24.0 Å². The van der Waals surface area contributed by atoms with Gasteiger partial charge in [-0.3, -0.25) is 0 Å². The summed E-state index contributed by atoms with van der Waals surface area (Å²) in [6, 6.07) is 0. The van der Waals surface area contributed by atoms with E-state index in [9.17, 15) is 25.5 Å². The molecule has 0 saturated heterocycles. The lowest BCUT2D eigenvalue weighted by atomic mass is 10.1. The predicted molar refractivity (Wildman–Crippen MR) is 87.5 cm³/mol. The Morgan fingerprint density at radius 2 is 2.00 bits per heavy atom. The van der Waals surface area contributed by atoms with Gasteiger partial charge in [0, 0.05) is 17.8 Å². The molecule has 3 heterocycles. The number of aliphatic imine (C=N–C) groups is 1. The molecule has 0 amide bonds. The molecular formula is C15H18N4O6. The van der Waals surface area contributed by atoms with Crippen LogP contribution in [0, 0.1) is 0 Å². The average Bonchev–Trinajstić information content (AvgIpc) is 2.89. The lowest BCUT2D eigenvalue weighted by molar-refractivity contribution is -0.119. The number of aliphatic hydroxyl groups is 5. The van der Waals surface area contributed by atoms with Crippen LogP contribution in [-0.4, -0.2) is 70.9 Å². The van der Waals surface area contributed by atoms with Crippen molar-refractivity contribution in [2.75, 3.05) is 6.61 Å². The molecule has 3 atom stereocenters. The standard InChI is InChI=1S/C15H18N4O6/c1-7(21)13(24)10(4-20)25-6-19-3-8-9(22)2-11(23)18-14-12(8)15(19)17-5-16-14/h2-3,5,7,10,13,20-22,24H,4,6H2,1H3,(H,16,17,18,23)/t7-,10+,13-/m0/s1. The second-order valence-electron chi connectivity index (χ2n) is 5.66. The summed E-state index contributed by atoms with van der Waals surface area (Å²) in [4.78, 5) is 12.0. The molecule has 0 unspecified atom stereocenters. The Bertz CT molecular complexity index is 844. The second-order valence-corrected chi connectivity index (χ2v) is 5.66. The zero-order valence-corrected chi connectivity index (χ0v) is 13.3. The monoisotopic (exact) mass is 350 g/mol. The van der Waals surface area contributed by atoms with Gasteiger partial charge in [-0.2, -0.15) is 4.99 Å². The van der Waals surface area contributed by atoms with Gasteiger partial charge < -0.3 is 34.8 Å². The van der Waals surface area contributed by atoms with Gasteiger partial charge >= 0.3 is 0 Å². The van der Waals surface area contributed by atoms with Crippen molar-refractivity contribution in [3.05, 3.63) is 24.2 Å². The summed E-state index contributed by atoms with van der Waals surface area (Å²) < 4.78 is 7.01. The summed E-state index contributed by atoms with van der Waals surface area (Å²) in [5.41, 5.74) is 0.750. The Morgan fingerprint density at radius 1 is 1.24 bits per heavy atom. The number of rotatable bonds is 6. The third kappa shape index (κ3) is 3.20. The molecule has 10 nitrogen and oxygen atoms in total. The van der Waals surface area contributed by atoms with Crippen molar-refractivity contribution in [1.82, 2.24) is 14.5 Å². The van der Waals surface area contributed by atoms with Crippen LogP contribution in [0.2, 0.25) is 0 Å². The van der Waals surface area contributed by atoms with Crippen LogP contribution < -0.4 is 0 Å². The average molecular weight is 350 g/mol. The summed E-state index contributed by atoms with van der Waals surface area (Å²) >= 11 is 0. The van der Waals surface area contributed by atoms with E-state index in [1.807, 2.05) is 0 Å². The summed E-state index contributed by atoms with van der Waals surface area (Å²) in [5.74, 6) is -0.391. The van der Waals surface area contributed by atoms with Gasteiger partial charge in [0.15, 0.2) is 5.82 Å². The topological polar surface area (TPSA) is 153 Å². The molecule has 0 aromatic carbocycles. The molecule has 0 aliphatic carbocycles. The van der Waals surface area contributed by atoms with Crippen LogP contribution in [0.15, 0.2) is 23.6 Å². The van der Waals surface area contributed by atoms with Gasteiger partial charge in [0.25, 0.3) is 0 Å². The fourth-order valence-corrected chi connectivity index (χ4v) is 2.57. The van der Waals surface area contributed by atoms with E-state index in [-0.39, 0.29) is 24.2 Å². The van der Waals surface area contributed by atoms with Gasteiger partial charge in [0.05, 0.1) is 18.1 Å². The van der Waals surface area contributed by atoms with Crippen LogP contribution in [0.1, 0.15) is 12.5 Å². The minimum Gasteiger partial charge on any atom is -0.507 e. The lowest BCUT2D eigenvalue weighted by Crippen LogP contribution is -2.40. The van der Waals surface area contributed by atoms with E-state index >= 15 is 0 Å². The molecule has 10 heteroatoms.